The van der Waals surface area contributed by atoms with Crippen LogP contribution < -0.4 is 5.32 Å². The quantitative estimate of drug-likeness (QED) is 0.556. The molecule has 2 heterocycles. The van der Waals surface area contributed by atoms with Crippen LogP contribution in [0.3, 0.4) is 0 Å². The molecule has 2 aliphatic rings. The average Bonchev–Trinajstić information content (AvgIpc) is 2.74. The van der Waals surface area contributed by atoms with Gasteiger partial charge in [-0.15, -0.1) is 0 Å². The van der Waals surface area contributed by atoms with E-state index in [1.165, 1.54) is 16.7 Å². The van der Waals surface area contributed by atoms with Gasteiger partial charge >= 0.3 is 0 Å². The van der Waals surface area contributed by atoms with E-state index in [-0.39, 0.29) is 6.10 Å². The van der Waals surface area contributed by atoms with Gasteiger partial charge in [0.15, 0.2) is 5.96 Å². The number of nitrogens with zero attached hydrogens (tertiary/aromatic N) is 4. The van der Waals surface area contributed by atoms with Crippen molar-refractivity contribution in [2.24, 2.45) is 10.9 Å². The maximum atomic E-state index is 6.17. The summed E-state index contributed by atoms with van der Waals surface area (Å²) in [6.45, 7) is 19.9. The van der Waals surface area contributed by atoms with Crippen LogP contribution in [0.2, 0.25) is 0 Å². The normalized spacial score (nSPS) is 22.7. The summed E-state index contributed by atoms with van der Waals surface area (Å²) in [6.07, 6.45) is 0.0942. The molecule has 2 atom stereocenters. The third kappa shape index (κ3) is 6.43. The summed E-state index contributed by atoms with van der Waals surface area (Å²) in [5.41, 5.74) is 3.90. The van der Waals surface area contributed by atoms with Crippen LogP contribution in [0.1, 0.15) is 43.6 Å². The molecule has 1 aromatic rings. The molecular weight excluding hydrogens is 386 g/mol. The van der Waals surface area contributed by atoms with Crippen molar-refractivity contribution in [2.75, 3.05) is 66.0 Å². The molecule has 0 saturated carbocycles. The number of likely N-dealkylation sites (N-methyl/N-ethyl adjacent to an activating group) is 1. The van der Waals surface area contributed by atoms with Gasteiger partial charge in [-0.25, -0.2) is 0 Å². The second kappa shape index (κ2) is 11.3. The zero-order chi connectivity index (χ0) is 22.4. The van der Waals surface area contributed by atoms with Crippen molar-refractivity contribution in [3.63, 3.8) is 0 Å². The van der Waals surface area contributed by atoms with Crippen LogP contribution >= 0.6 is 0 Å². The second-order valence-electron chi connectivity index (χ2n) is 9.51. The fraction of sp³-hybridized carbons (Fsp3) is 0.720. The zero-order valence-electron chi connectivity index (χ0n) is 20.5. The predicted molar refractivity (Wildman–Crippen MR) is 130 cm³/mol. The summed E-state index contributed by atoms with van der Waals surface area (Å²) in [7, 11) is 2.22. The molecule has 2 aliphatic heterocycles. The molecule has 0 aliphatic carbocycles. The Hall–Kier alpha value is -1.63. The highest BCUT2D eigenvalue weighted by Gasteiger charge is 2.27. The fourth-order valence-corrected chi connectivity index (χ4v) is 4.72. The lowest BCUT2D eigenvalue weighted by atomic mass is 10.00. The van der Waals surface area contributed by atoms with Crippen LogP contribution in [0.25, 0.3) is 0 Å². The van der Waals surface area contributed by atoms with Gasteiger partial charge in [-0.1, -0.05) is 37.6 Å². The molecule has 0 amide bonds. The third-order valence-corrected chi connectivity index (χ3v) is 6.68. The Morgan fingerprint density at radius 1 is 1.16 bits per heavy atom. The van der Waals surface area contributed by atoms with E-state index in [9.17, 15) is 0 Å². The number of piperazine rings is 1. The molecule has 1 N–H and O–H groups in total. The lowest BCUT2D eigenvalue weighted by Gasteiger charge is -2.40. The first-order valence-electron chi connectivity index (χ1n) is 12.0. The minimum absolute atomic E-state index is 0.0942. The summed E-state index contributed by atoms with van der Waals surface area (Å²) in [4.78, 5) is 12.6. The molecule has 6 nitrogen and oxygen atoms in total. The summed E-state index contributed by atoms with van der Waals surface area (Å²) in [6, 6.07) is 7.15. The Morgan fingerprint density at radius 2 is 1.90 bits per heavy atom. The monoisotopic (exact) mass is 429 g/mol. The van der Waals surface area contributed by atoms with Gasteiger partial charge in [0, 0.05) is 45.3 Å². The van der Waals surface area contributed by atoms with Crippen LogP contribution in [0.5, 0.6) is 0 Å². The van der Waals surface area contributed by atoms with Gasteiger partial charge in [0.05, 0.1) is 19.7 Å². The van der Waals surface area contributed by atoms with E-state index in [2.05, 4.69) is 79.9 Å². The topological polar surface area (TPSA) is 43.3 Å². The molecular formula is C25H43N5O. The smallest absolute Gasteiger partial charge is 0.194 e. The summed E-state index contributed by atoms with van der Waals surface area (Å²) >= 11 is 0. The van der Waals surface area contributed by atoms with E-state index in [0.717, 1.165) is 64.9 Å². The van der Waals surface area contributed by atoms with Gasteiger partial charge in [0.25, 0.3) is 0 Å². The maximum Gasteiger partial charge on any atom is 0.194 e. The molecule has 3 rings (SSSR count). The molecule has 31 heavy (non-hydrogen) atoms. The van der Waals surface area contributed by atoms with E-state index < -0.39 is 0 Å². The summed E-state index contributed by atoms with van der Waals surface area (Å²) in [5.74, 6) is 1.61. The minimum atomic E-state index is 0.0942. The van der Waals surface area contributed by atoms with Crippen LogP contribution in [0.4, 0.5) is 0 Å². The first-order chi connectivity index (χ1) is 14.9. The van der Waals surface area contributed by atoms with Crippen molar-refractivity contribution in [3.05, 3.63) is 34.9 Å². The second-order valence-corrected chi connectivity index (χ2v) is 9.51. The number of rotatable bonds is 6. The molecule has 174 valence electrons. The SMILES string of the molecule is CCNC(=NCC(C(C)C)N1CCN(C)CC1)N1CCOC(c2ccc(C)cc2C)C1. The van der Waals surface area contributed by atoms with E-state index in [1.54, 1.807) is 0 Å². The zero-order valence-corrected chi connectivity index (χ0v) is 20.5. The van der Waals surface area contributed by atoms with Crippen molar-refractivity contribution >= 4 is 5.96 Å². The van der Waals surface area contributed by atoms with Gasteiger partial charge in [0.1, 0.15) is 6.10 Å². The van der Waals surface area contributed by atoms with Crippen LogP contribution in [0, 0.1) is 19.8 Å². The predicted octanol–water partition coefficient (Wildman–Crippen LogP) is 2.91. The van der Waals surface area contributed by atoms with Crippen molar-refractivity contribution in [1.29, 1.82) is 0 Å². The number of guanidine groups is 1. The third-order valence-electron chi connectivity index (χ3n) is 6.68. The molecule has 1 aromatic carbocycles. The Bertz CT molecular complexity index is 727. The minimum Gasteiger partial charge on any atom is -0.370 e. The first kappa shape index (κ1) is 24.0. The molecule has 0 radical (unpaired) electrons. The van der Waals surface area contributed by atoms with E-state index in [4.69, 9.17) is 9.73 Å². The molecule has 0 bridgehead atoms. The Morgan fingerprint density at radius 3 is 2.55 bits per heavy atom. The number of ether oxygens (including phenoxy) is 1. The van der Waals surface area contributed by atoms with Crippen molar-refractivity contribution in [1.82, 2.24) is 20.0 Å². The molecule has 2 unspecified atom stereocenters. The standard InChI is InChI=1S/C25H43N5O/c1-7-26-25(27-17-23(19(2)3)29-12-10-28(6)11-13-29)30-14-15-31-24(18-30)22-9-8-20(4)16-21(22)5/h8-9,16,19,23-24H,7,10-15,17-18H2,1-6H3,(H,26,27). The van der Waals surface area contributed by atoms with E-state index in [0.29, 0.717) is 12.0 Å². The average molecular weight is 430 g/mol. The molecule has 2 saturated heterocycles. The number of hydrogen-bond donors (Lipinski definition) is 1. The Kier molecular flexibility index (Phi) is 8.76. The van der Waals surface area contributed by atoms with Crippen LogP contribution in [0.15, 0.2) is 23.2 Å². The number of benzene rings is 1. The number of aryl methyl sites for hydroxylation is 2. The summed E-state index contributed by atoms with van der Waals surface area (Å²) in [5, 5.41) is 3.55. The maximum absolute atomic E-state index is 6.17. The Balaban J connectivity index is 1.71. The lowest BCUT2D eigenvalue weighted by Crippen LogP contribution is -2.52. The number of nitrogens with one attached hydrogen (secondary N) is 1. The van der Waals surface area contributed by atoms with E-state index >= 15 is 0 Å². The fourth-order valence-electron chi connectivity index (χ4n) is 4.72. The highest BCUT2D eigenvalue weighted by atomic mass is 16.5. The van der Waals surface area contributed by atoms with Gasteiger partial charge in [0.2, 0.25) is 0 Å². The van der Waals surface area contributed by atoms with Gasteiger partial charge in [-0.05, 0) is 44.9 Å². The van der Waals surface area contributed by atoms with Crippen molar-refractivity contribution in [3.8, 4) is 0 Å². The van der Waals surface area contributed by atoms with Crippen LogP contribution in [-0.4, -0.2) is 92.7 Å². The molecule has 0 aromatic heterocycles. The Labute approximate surface area is 189 Å². The number of aliphatic imine (C=N–C) groups is 1. The van der Waals surface area contributed by atoms with E-state index in [1.807, 2.05) is 0 Å². The van der Waals surface area contributed by atoms with Crippen LogP contribution in [-0.2, 0) is 4.74 Å². The first-order valence-corrected chi connectivity index (χ1v) is 12.0. The largest absolute Gasteiger partial charge is 0.370 e. The molecule has 2 fully saturated rings. The van der Waals surface area contributed by atoms with Gasteiger partial charge in [-0.3, -0.25) is 9.89 Å². The van der Waals surface area contributed by atoms with Crippen molar-refractivity contribution < 1.29 is 4.74 Å². The van der Waals surface area contributed by atoms with Gasteiger partial charge < -0.3 is 19.9 Å². The highest BCUT2D eigenvalue weighted by molar-refractivity contribution is 5.80. The van der Waals surface area contributed by atoms with Crippen molar-refractivity contribution in [2.45, 2.75) is 46.8 Å². The number of hydrogen-bond acceptors (Lipinski definition) is 4. The summed E-state index contributed by atoms with van der Waals surface area (Å²) < 4.78 is 6.17. The highest BCUT2D eigenvalue weighted by Crippen LogP contribution is 2.26. The van der Waals surface area contributed by atoms with Gasteiger partial charge in [-0.2, -0.15) is 0 Å². The molecule has 0 spiro atoms. The number of morpholine rings is 1. The lowest BCUT2D eigenvalue weighted by molar-refractivity contribution is -0.00842. The molecule has 6 heteroatoms.